The highest BCUT2D eigenvalue weighted by Crippen LogP contribution is 2.14. The predicted octanol–water partition coefficient (Wildman–Crippen LogP) is 2.99. The monoisotopic (exact) mass is 374 g/mol. The average molecular weight is 375 g/mol. The van der Waals surface area contributed by atoms with Crippen LogP contribution in [0.1, 0.15) is 32.1 Å². The van der Waals surface area contributed by atoms with Crippen LogP contribution in [0.15, 0.2) is 33.6 Å². The predicted molar refractivity (Wildman–Crippen MR) is 88.9 cm³/mol. The topological polar surface area (TPSA) is 49.4 Å². The minimum atomic E-state index is -3.38. The highest BCUT2D eigenvalue weighted by molar-refractivity contribution is 9.10. The Kier molecular flexibility index (Phi) is 6.67. The molecule has 21 heavy (non-hydrogen) atoms. The van der Waals surface area contributed by atoms with Gasteiger partial charge >= 0.3 is 0 Å². The molecule has 1 fully saturated rings. The molecule has 0 amide bonds. The first-order valence-corrected chi connectivity index (χ1v) is 9.83. The zero-order valence-corrected chi connectivity index (χ0v) is 14.6. The third-order valence-corrected chi connectivity index (χ3v) is 5.77. The van der Waals surface area contributed by atoms with Crippen LogP contribution in [0, 0.1) is 0 Å². The standard InChI is InChI=1S/C15H23BrN2O2S/c16-14-6-8-15(9-7-14)21(19,20)17-10-5-13-18-11-3-1-2-4-12-18/h6-9,17H,1-5,10-13H2. The van der Waals surface area contributed by atoms with Gasteiger partial charge in [0.05, 0.1) is 4.90 Å². The smallest absolute Gasteiger partial charge is 0.240 e. The van der Waals surface area contributed by atoms with E-state index in [1.807, 2.05) is 0 Å². The molecule has 0 radical (unpaired) electrons. The van der Waals surface area contributed by atoms with Gasteiger partial charge in [-0.1, -0.05) is 28.8 Å². The van der Waals surface area contributed by atoms with Crippen molar-refractivity contribution in [1.29, 1.82) is 0 Å². The maximum absolute atomic E-state index is 12.1. The number of nitrogens with zero attached hydrogens (tertiary/aromatic N) is 1. The van der Waals surface area contributed by atoms with E-state index in [0.29, 0.717) is 11.4 Å². The van der Waals surface area contributed by atoms with E-state index in [1.165, 1.54) is 25.7 Å². The third kappa shape index (κ3) is 5.70. The van der Waals surface area contributed by atoms with Gasteiger partial charge in [0.15, 0.2) is 0 Å². The lowest BCUT2D eigenvalue weighted by Crippen LogP contribution is -2.30. The van der Waals surface area contributed by atoms with Crippen molar-refractivity contribution in [2.75, 3.05) is 26.2 Å². The van der Waals surface area contributed by atoms with Gasteiger partial charge in [-0.05, 0) is 63.2 Å². The normalized spacial score (nSPS) is 17.6. The largest absolute Gasteiger partial charge is 0.303 e. The van der Waals surface area contributed by atoms with Crippen LogP contribution in [0.5, 0.6) is 0 Å². The lowest BCUT2D eigenvalue weighted by atomic mass is 10.2. The maximum atomic E-state index is 12.1. The summed E-state index contributed by atoms with van der Waals surface area (Å²) in [5.41, 5.74) is 0. The molecular weight excluding hydrogens is 352 g/mol. The molecule has 6 heteroatoms. The van der Waals surface area contributed by atoms with Gasteiger partial charge < -0.3 is 4.90 Å². The highest BCUT2D eigenvalue weighted by atomic mass is 79.9. The van der Waals surface area contributed by atoms with Crippen LogP contribution in [0.2, 0.25) is 0 Å². The second-order valence-electron chi connectivity index (χ2n) is 5.46. The van der Waals surface area contributed by atoms with Crippen molar-refractivity contribution in [2.24, 2.45) is 0 Å². The van der Waals surface area contributed by atoms with E-state index in [-0.39, 0.29) is 0 Å². The Hall–Kier alpha value is -0.430. The summed E-state index contributed by atoms with van der Waals surface area (Å²) < 4.78 is 27.8. The zero-order valence-electron chi connectivity index (χ0n) is 12.2. The van der Waals surface area contributed by atoms with Crippen LogP contribution >= 0.6 is 15.9 Å². The molecule has 0 bridgehead atoms. The molecule has 0 aliphatic carbocycles. The van der Waals surface area contributed by atoms with E-state index in [9.17, 15) is 8.42 Å². The zero-order chi connectivity index (χ0) is 15.1. The summed E-state index contributed by atoms with van der Waals surface area (Å²) in [5.74, 6) is 0. The van der Waals surface area contributed by atoms with Crippen molar-refractivity contribution in [3.05, 3.63) is 28.7 Å². The van der Waals surface area contributed by atoms with Crippen molar-refractivity contribution in [1.82, 2.24) is 9.62 Å². The summed E-state index contributed by atoms with van der Waals surface area (Å²) in [6, 6.07) is 6.71. The van der Waals surface area contributed by atoms with Crippen molar-refractivity contribution in [2.45, 2.75) is 37.0 Å². The van der Waals surface area contributed by atoms with Crippen molar-refractivity contribution in [3.8, 4) is 0 Å². The Bertz CT molecular complexity index is 523. The van der Waals surface area contributed by atoms with Gasteiger partial charge in [-0.15, -0.1) is 0 Å². The second-order valence-corrected chi connectivity index (χ2v) is 8.14. The van der Waals surface area contributed by atoms with Crippen LogP contribution in [0.25, 0.3) is 0 Å². The van der Waals surface area contributed by atoms with E-state index in [1.54, 1.807) is 24.3 Å². The molecule has 4 nitrogen and oxygen atoms in total. The summed E-state index contributed by atoms with van der Waals surface area (Å²) in [4.78, 5) is 2.77. The second kappa shape index (κ2) is 8.27. The lowest BCUT2D eigenvalue weighted by molar-refractivity contribution is 0.282. The van der Waals surface area contributed by atoms with Gasteiger partial charge in [0.2, 0.25) is 10.0 Å². The molecule has 1 N–H and O–H groups in total. The molecule has 1 saturated heterocycles. The Labute approximate surface area is 136 Å². The summed E-state index contributed by atoms with van der Waals surface area (Å²) in [7, 11) is -3.38. The Morgan fingerprint density at radius 1 is 1.05 bits per heavy atom. The fourth-order valence-electron chi connectivity index (χ4n) is 2.57. The number of rotatable bonds is 6. The van der Waals surface area contributed by atoms with Gasteiger partial charge in [0.25, 0.3) is 0 Å². The van der Waals surface area contributed by atoms with Gasteiger partial charge in [0.1, 0.15) is 0 Å². The van der Waals surface area contributed by atoms with E-state index in [4.69, 9.17) is 0 Å². The molecule has 2 rings (SSSR count). The number of benzene rings is 1. The maximum Gasteiger partial charge on any atom is 0.240 e. The summed E-state index contributed by atoms with van der Waals surface area (Å²) in [6.07, 6.45) is 6.05. The fraction of sp³-hybridized carbons (Fsp3) is 0.600. The Morgan fingerprint density at radius 3 is 2.29 bits per heavy atom. The molecule has 1 aliphatic heterocycles. The van der Waals surface area contributed by atoms with Crippen LogP contribution in [-0.2, 0) is 10.0 Å². The fourth-order valence-corrected chi connectivity index (χ4v) is 3.90. The third-order valence-electron chi connectivity index (χ3n) is 3.77. The summed E-state index contributed by atoms with van der Waals surface area (Å²) in [6.45, 7) is 3.77. The molecule has 0 spiro atoms. The highest BCUT2D eigenvalue weighted by Gasteiger charge is 2.13. The molecule has 1 aliphatic rings. The number of halogens is 1. The minimum Gasteiger partial charge on any atom is -0.303 e. The van der Waals surface area contributed by atoms with Crippen LogP contribution in [0.4, 0.5) is 0 Å². The lowest BCUT2D eigenvalue weighted by Gasteiger charge is -2.19. The van der Waals surface area contributed by atoms with Crippen molar-refractivity contribution >= 4 is 26.0 Å². The SMILES string of the molecule is O=S(=O)(NCCCN1CCCCCC1)c1ccc(Br)cc1. The van der Waals surface area contributed by atoms with Gasteiger partial charge in [0, 0.05) is 11.0 Å². The van der Waals surface area contributed by atoms with Gasteiger partial charge in [-0.2, -0.15) is 0 Å². The van der Waals surface area contributed by atoms with Crippen molar-refractivity contribution < 1.29 is 8.42 Å². The van der Waals surface area contributed by atoms with Gasteiger partial charge in [-0.3, -0.25) is 0 Å². The Balaban J connectivity index is 1.75. The van der Waals surface area contributed by atoms with Crippen LogP contribution < -0.4 is 4.72 Å². The van der Waals surface area contributed by atoms with E-state index in [2.05, 4.69) is 25.6 Å². The molecule has 1 aromatic rings. The first-order valence-electron chi connectivity index (χ1n) is 7.55. The van der Waals surface area contributed by atoms with E-state index < -0.39 is 10.0 Å². The number of hydrogen-bond acceptors (Lipinski definition) is 3. The minimum absolute atomic E-state index is 0.320. The molecule has 1 aromatic carbocycles. The molecule has 0 atom stereocenters. The average Bonchev–Trinajstić information content (AvgIpc) is 2.73. The Morgan fingerprint density at radius 2 is 1.67 bits per heavy atom. The quantitative estimate of drug-likeness (QED) is 0.778. The number of sulfonamides is 1. The van der Waals surface area contributed by atoms with Gasteiger partial charge in [-0.25, -0.2) is 13.1 Å². The molecule has 1 heterocycles. The number of hydrogen-bond donors (Lipinski definition) is 1. The van der Waals surface area contributed by atoms with Crippen LogP contribution in [-0.4, -0.2) is 39.5 Å². The molecule has 0 aromatic heterocycles. The molecule has 118 valence electrons. The van der Waals surface area contributed by atoms with Crippen LogP contribution in [0.3, 0.4) is 0 Å². The summed E-state index contributed by atoms with van der Waals surface area (Å²) in [5, 5.41) is 0. The summed E-state index contributed by atoms with van der Waals surface area (Å²) >= 11 is 3.31. The molecule has 0 unspecified atom stereocenters. The molecule has 0 saturated carbocycles. The van der Waals surface area contributed by atoms with E-state index >= 15 is 0 Å². The number of likely N-dealkylation sites (tertiary alicyclic amines) is 1. The van der Waals surface area contributed by atoms with E-state index in [0.717, 1.165) is 30.5 Å². The van der Waals surface area contributed by atoms with Crippen molar-refractivity contribution in [3.63, 3.8) is 0 Å². The first kappa shape index (κ1) is 16.9. The number of nitrogens with one attached hydrogen (secondary N) is 1. The first-order chi connectivity index (χ1) is 10.1. The molecular formula is C15H23BrN2O2S.